The van der Waals surface area contributed by atoms with Gasteiger partial charge >= 0.3 is 0 Å². The molecule has 0 saturated carbocycles. The molecule has 0 radical (unpaired) electrons. The summed E-state index contributed by atoms with van der Waals surface area (Å²) in [6.45, 7) is 10.9. The third-order valence-electron chi connectivity index (χ3n) is 4.88. The zero-order chi connectivity index (χ0) is 23.9. The zero-order valence-electron chi connectivity index (χ0n) is 19.7. The van der Waals surface area contributed by atoms with Crippen LogP contribution in [0.1, 0.15) is 40.2 Å². The van der Waals surface area contributed by atoms with E-state index in [1.165, 1.54) is 5.56 Å². The molecule has 2 aromatic carbocycles. The summed E-state index contributed by atoms with van der Waals surface area (Å²) in [6.07, 6.45) is 1.08. The first-order valence-corrected chi connectivity index (χ1v) is 12.5. The van der Waals surface area contributed by atoms with Gasteiger partial charge in [-0.3, -0.25) is 9.10 Å². The van der Waals surface area contributed by atoms with Crippen LogP contribution in [0.5, 0.6) is 11.5 Å². The van der Waals surface area contributed by atoms with Crippen LogP contribution < -0.4 is 19.1 Å². The van der Waals surface area contributed by atoms with Crippen LogP contribution in [0, 0.1) is 0 Å². The second-order valence-corrected chi connectivity index (χ2v) is 10.4. The highest BCUT2D eigenvalue weighted by Gasteiger charge is 2.29. The standard InChI is InChI=1S/C24H34N2O5S/c1-7-30-21-14-10-20(11-15-21)26(32(6,28)29)18(2)23(27)25-16-17-31-22-12-8-19(9-13-22)24(3,4)5/h8-15,18H,7,16-17H2,1-6H3,(H,25,27)/t18-/m0/s1. The number of hydrogen-bond donors (Lipinski definition) is 1. The average Bonchev–Trinajstić information content (AvgIpc) is 2.71. The van der Waals surface area contributed by atoms with Gasteiger partial charge in [-0.15, -0.1) is 0 Å². The number of anilines is 1. The number of hydrogen-bond acceptors (Lipinski definition) is 5. The van der Waals surface area contributed by atoms with Gasteiger partial charge in [-0.05, 0) is 61.2 Å². The predicted molar refractivity (Wildman–Crippen MR) is 128 cm³/mol. The normalized spacial score (nSPS) is 12.7. The number of benzene rings is 2. The lowest BCUT2D eigenvalue weighted by Crippen LogP contribution is -2.48. The van der Waals surface area contributed by atoms with Crippen LogP contribution in [0.15, 0.2) is 48.5 Å². The summed E-state index contributed by atoms with van der Waals surface area (Å²) in [5.41, 5.74) is 1.67. The first kappa shape index (κ1) is 25.5. The Morgan fingerprint density at radius 3 is 2.03 bits per heavy atom. The molecule has 0 saturated heterocycles. The lowest BCUT2D eigenvalue weighted by Gasteiger charge is -2.28. The number of nitrogens with one attached hydrogen (secondary N) is 1. The molecule has 2 aromatic rings. The zero-order valence-corrected chi connectivity index (χ0v) is 20.5. The molecule has 7 nitrogen and oxygen atoms in total. The van der Waals surface area contributed by atoms with Crippen LogP contribution in [0.4, 0.5) is 5.69 Å². The predicted octanol–water partition coefficient (Wildman–Crippen LogP) is 3.73. The lowest BCUT2D eigenvalue weighted by molar-refractivity contribution is -0.121. The summed E-state index contributed by atoms with van der Waals surface area (Å²) < 4.78 is 37.0. The minimum absolute atomic E-state index is 0.0669. The van der Waals surface area contributed by atoms with Crippen molar-refractivity contribution in [1.82, 2.24) is 5.32 Å². The van der Waals surface area contributed by atoms with Crippen molar-refractivity contribution in [3.05, 3.63) is 54.1 Å². The summed E-state index contributed by atoms with van der Waals surface area (Å²) >= 11 is 0. The van der Waals surface area contributed by atoms with Gasteiger partial charge in [0, 0.05) is 0 Å². The second kappa shape index (κ2) is 10.7. The maximum atomic E-state index is 12.6. The van der Waals surface area contributed by atoms with Gasteiger partial charge in [0.1, 0.15) is 24.1 Å². The van der Waals surface area contributed by atoms with Crippen molar-refractivity contribution < 1.29 is 22.7 Å². The van der Waals surface area contributed by atoms with E-state index < -0.39 is 22.0 Å². The van der Waals surface area contributed by atoms with Crippen LogP contribution in [0.3, 0.4) is 0 Å². The van der Waals surface area contributed by atoms with Crippen molar-refractivity contribution >= 4 is 21.6 Å². The van der Waals surface area contributed by atoms with Crippen LogP contribution in [0.25, 0.3) is 0 Å². The van der Waals surface area contributed by atoms with E-state index in [0.29, 0.717) is 23.8 Å². The minimum atomic E-state index is -3.68. The Morgan fingerprint density at radius 2 is 1.53 bits per heavy atom. The Morgan fingerprint density at radius 1 is 1.00 bits per heavy atom. The molecule has 0 unspecified atom stereocenters. The quantitative estimate of drug-likeness (QED) is 0.544. The smallest absolute Gasteiger partial charge is 0.243 e. The van der Waals surface area contributed by atoms with Gasteiger partial charge in [-0.25, -0.2) is 8.42 Å². The van der Waals surface area contributed by atoms with Crippen LogP contribution in [0.2, 0.25) is 0 Å². The largest absolute Gasteiger partial charge is 0.494 e. The van der Waals surface area contributed by atoms with E-state index in [9.17, 15) is 13.2 Å². The fraction of sp³-hybridized carbons (Fsp3) is 0.458. The van der Waals surface area contributed by atoms with E-state index in [1.807, 2.05) is 31.2 Å². The molecule has 1 atom stereocenters. The molecule has 0 aliphatic carbocycles. The van der Waals surface area contributed by atoms with Gasteiger partial charge in [0.15, 0.2) is 0 Å². The number of amides is 1. The van der Waals surface area contributed by atoms with Gasteiger partial charge in [0.25, 0.3) is 0 Å². The molecule has 8 heteroatoms. The molecular weight excluding hydrogens is 428 g/mol. The Labute approximate surface area is 191 Å². The Bertz CT molecular complexity index is 981. The van der Waals surface area contributed by atoms with Gasteiger partial charge in [-0.1, -0.05) is 32.9 Å². The van der Waals surface area contributed by atoms with Crippen LogP contribution in [-0.2, 0) is 20.2 Å². The summed E-state index contributed by atoms with van der Waals surface area (Å²) in [4.78, 5) is 12.6. The Kier molecular flexibility index (Phi) is 8.55. The highest BCUT2D eigenvalue weighted by Crippen LogP contribution is 2.25. The SMILES string of the molecule is CCOc1ccc(N([C@@H](C)C(=O)NCCOc2ccc(C(C)(C)C)cc2)S(C)(=O)=O)cc1. The highest BCUT2D eigenvalue weighted by atomic mass is 32.2. The number of carbonyl (C=O) groups excluding carboxylic acids is 1. The van der Waals surface area contributed by atoms with E-state index in [1.54, 1.807) is 31.2 Å². The van der Waals surface area contributed by atoms with Crippen molar-refractivity contribution in [2.45, 2.75) is 46.1 Å². The topological polar surface area (TPSA) is 84.9 Å². The molecule has 0 spiro atoms. The first-order valence-electron chi connectivity index (χ1n) is 10.7. The third kappa shape index (κ3) is 7.15. The van der Waals surface area contributed by atoms with Crippen molar-refractivity contribution in [3.8, 4) is 11.5 Å². The van der Waals surface area contributed by atoms with Crippen molar-refractivity contribution in [1.29, 1.82) is 0 Å². The summed E-state index contributed by atoms with van der Waals surface area (Å²) in [7, 11) is -3.68. The fourth-order valence-electron chi connectivity index (χ4n) is 3.21. The number of carbonyl (C=O) groups is 1. The highest BCUT2D eigenvalue weighted by molar-refractivity contribution is 7.92. The Balaban J connectivity index is 1.95. The summed E-state index contributed by atoms with van der Waals surface area (Å²) in [6, 6.07) is 13.5. The second-order valence-electron chi connectivity index (χ2n) is 8.58. The van der Waals surface area contributed by atoms with E-state index in [0.717, 1.165) is 10.6 Å². The molecule has 1 amide bonds. The molecular formula is C24H34N2O5S. The maximum Gasteiger partial charge on any atom is 0.243 e. The Hall–Kier alpha value is -2.74. The van der Waals surface area contributed by atoms with Crippen molar-refractivity contribution in [2.24, 2.45) is 0 Å². The summed E-state index contributed by atoms with van der Waals surface area (Å²) in [5.74, 6) is 0.943. The van der Waals surface area contributed by atoms with Crippen molar-refractivity contribution in [2.75, 3.05) is 30.3 Å². The maximum absolute atomic E-state index is 12.6. The molecule has 0 bridgehead atoms. The van der Waals surface area contributed by atoms with Gasteiger partial charge in [0.2, 0.25) is 15.9 Å². The molecule has 0 aromatic heterocycles. The third-order valence-corrected chi connectivity index (χ3v) is 6.12. The first-order chi connectivity index (χ1) is 14.9. The lowest BCUT2D eigenvalue weighted by atomic mass is 9.87. The van der Waals surface area contributed by atoms with E-state index in [4.69, 9.17) is 9.47 Å². The molecule has 32 heavy (non-hydrogen) atoms. The number of ether oxygens (including phenoxy) is 2. The average molecular weight is 463 g/mol. The summed E-state index contributed by atoms with van der Waals surface area (Å²) in [5, 5.41) is 2.75. The van der Waals surface area contributed by atoms with E-state index in [-0.39, 0.29) is 18.6 Å². The number of nitrogens with zero attached hydrogens (tertiary/aromatic N) is 1. The minimum Gasteiger partial charge on any atom is -0.494 e. The van der Waals surface area contributed by atoms with E-state index in [2.05, 4.69) is 26.1 Å². The number of rotatable bonds is 10. The van der Waals surface area contributed by atoms with E-state index >= 15 is 0 Å². The van der Waals surface area contributed by atoms with Crippen molar-refractivity contribution in [3.63, 3.8) is 0 Å². The number of sulfonamides is 1. The van der Waals surface area contributed by atoms with Crippen LogP contribution in [-0.4, -0.2) is 46.4 Å². The molecule has 1 N–H and O–H groups in total. The molecule has 176 valence electrons. The van der Waals surface area contributed by atoms with Gasteiger partial charge in [-0.2, -0.15) is 0 Å². The van der Waals surface area contributed by atoms with Gasteiger partial charge in [0.05, 0.1) is 25.1 Å². The molecule has 0 fully saturated rings. The molecule has 2 rings (SSSR count). The fourth-order valence-corrected chi connectivity index (χ4v) is 4.38. The molecule has 0 aliphatic rings. The van der Waals surface area contributed by atoms with Gasteiger partial charge < -0.3 is 14.8 Å². The molecule has 0 aliphatic heterocycles. The van der Waals surface area contributed by atoms with Crippen LogP contribution >= 0.6 is 0 Å². The molecule has 0 heterocycles. The monoisotopic (exact) mass is 462 g/mol.